The summed E-state index contributed by atoms with van der Waals surface area (Å²) in [6.07, 6.45) is -1.82. The summed E-state index contributed by atoms with van der Waals surface area (Å²) in [5.74, 6) is -0.406. The molecule has 6 nitrogen and oxygen atoms in total. The normalized spacial score (nSPS) is 11.0. The van der Waals surface area contributed by atoms with E-state index in [2.05, 4.69) is 34.1 Å². The van der Waals surface area contributed by atoms with Gasteiger partial charge in [-0.1, -0.05) is 20.3 Å². The van der Waals surface area contributed by atoms with Crippen LogP contribution >= 0.6 is 0 Å². The number of aromatic hydroxyl groups is 1. The highest BCUT2D eigenvalue weighted by molar-refractivity contribution is 5.81. The molecule has 0 aliphatic carbocycles. The first kappa shape index (κ1) is 19.4. The number of rotatable bonds is 3. The van der Waals surface area contributed by atoms with Crippen LogP contribution in [0.1, 0.15) is 20.3 Å². The lowest BCUT2D eigenvalue weighted by atomic mass is 10.1. The third-order valence-electron chi connectivity index (χ3n) is 3.15. The number of aromatic nitrogens is 3. The highest BCUT2D eigenvalue weighted by Crippen LogP contribution is 2.35. The van der Waals surface area contributed by atoms with Crippen LogP contribution in [-0.4, -0.2) is 33.1 Å². The highest BCUT2D eigenvalue weighted by Gasteiger charge is 2.31. The van der Waals surface area contributed by atoms with E-state index in [0.717, 1.165) is 12.1 Å². The van der Waals surface area contributed by atoms with Crippen molar-refractivity contribution in [2.45, 2.75) is 26.6 Å². The van der Waals surface area contributed by atoms with Gasteiger partial charge in [0.1, 0.15) is 17.2 Å². The number of phenolic OH excluding ortho intramolecular Hbond substituents is 1. The number of benzene rings is 1. The molecule has 2 heterocycles. The summed E-state index contributed by atoms with van der Waals surface area (Å²) >= 11 is 0. The van der Waals surface area contributed by atoms with Gasteiger partial charge in [0.2, 0.25) is 5.95 Å². The van der Waals surface area contributed by atoms with Crippen LogP contribution < -0.4 is 10.1 Å². The number of nitrogens with zero attached hydrogens (tertiary/aromatic N) is 3. The van der Waals surface area contributed by atoms with Crippen molar-refractivity contribution in [2.24, 2.45) is 0 Å². The largest absolute Gasteiger partial charge is 0.573 e. The summed E-state index contributed by atoms with van der Waals surface area (Å²) in [7, 11) is 1.68. The van der Waals surface area contributed by atoms with Gasteiger partial charge in [-0.3, -0.25) is 4.40 Å². The smallest absolute Gasteiger partial charge is 0.507 e. The number of anilines is 1. The van der Waals surface area contributed by atoms with Crippen molar-refractivity contribution in [3.05, 3.63) is 36.5 Å². The Kier molecular flexibility index (Phi) is 5.91. The van der Waals surface area contributed by atoms with Crippen molar-refractivity contribution < 1.29 is 23.0 Å². The fraction of sp³-hybridized carbons (Fsp3) is 0.294. The van der Waals surface area contributed by atoms with Crippen LogP contribution in [0.2, 0.25) is 0 Å². The van der Waals surface area contributed by atoms with Crippen molar-refractivity contribution >= 4 is 11.5 Å². The average Bonchev–Trinajstić information content (AvgIpc) is 3.03. The second-order valence-corrected chi connectivity index (χ2v) is 5.32. The maximum Gasteiger partial charge on any atom is 0.573 e. The molecule has 3 rings (SSSR count). The van der Waals surface area contributed by atoms with Crippen LogP contribution in [0.5, 0.6) is 11.5 Å². The van der Waals surface area contributed by atoms with Gasteiger partial charge in [-0.2, -0.15) is 0 Å². The molecule has 0 unspecified atom stereocenters. The molecule has 140 valence electrons. The minimum Gasteiger partial charge on any atom is -0.507 e. The van der Waals surface area contributed by atoms with Crippen LogP contribution in [0.15, 0.2) is 36.5 Å². The summed E-state index contributed by atoms with van der Waals surface area (Å²) < 4.78 is 42.1. The van der Waals surface area contributed by atoms with Crippen LogP contribution in [0, 0.1) is 0 Å². The third-order valence-corrected chi connectivity index (χ3v) is 3.15. The topological polar surface area (TPSA) is 71.7 Å². The van der Waals surface area contributed by atoms with Crippen molar-refractivity contribution in [1.29, 1.82) is 0 Å². The lowest BCUT2D eigenvalue weighted by Crippen LogP contribution is -2.17. The van der Waals surface area contributed by atoms with Crippen molar-refractivity contribution in [3.8, 4) is 22.8 Å². The molecule has 9 heteroatoms. The zero-order valence-electron chi connectivity index (χ0n) is 14.5. The Morgan fingerprint density at radius 2 is 1.88 bits per heavy atom. The minimum absolute atomic E-state index is 0.248. The summed E-state index contributed by atoms with van der Waals surface area (Å²) in [5.41, 5.74) is 1.23. The van der Waals surface area contributed by atoms with E-state index in [1.165, 1.54) is 12.5 Å². The quantitative estimate of drug-likeness (QED) is 0.714. The molecule has 2 N–H and O–H groups in total. The molecule has 0 aliphatic rings. The zero-order chi connectivity index (χ0) is 19.3. The Morgan fingerprint density at radius 1 is 1.19 bits per heavy atom. The van der Waals surface area contributed by atoms with Gasteiger partial charge < -0.3 is 15.2 Å². The number of fused-ring (bicyclic) bond motifs is 1. The van der Waals surface area contributed by atoms with Crippen molar-refractivity contribution in [1.82, 2.24) is 14.6 Å². The molecule has 0 radical (unpaired) electrons. The van der Waals surface area contributed by atoms with E-state index in [0.29, 0.717) is 17.2 Å². The summed E-state index contributed by atoms with van der Waals surface area (Å²) in [5, 5.41) is 20.9. The molecule has 1 aromatic carbocycles. The van der Waals surface area contributed by atoms with Crippen LogP contribution in [0.25, 0.3) is 16.8 Å². The molecule has 0 spiro atoms. The van der Waals surface area contributed by atoms with E-state index in [1.54, 1.807) is 29.8 Å². The number of nitrogens with one attached hydrogen (secondary N) is 1. The van der Waals surface area contributed by atoms with Gasteiger partial charge >= 0.3 is 6.36 Å². The summed E-state index contributed by atoms with van der Waals surface area (Å²) in [6, 6.07) is 6.81. The van der Waals surface area contributed by atoms with Gasteiger partial charge in [0.15, 0.2) is 0 Å². The molecule has 0 atom stereocenters. The van der Waals surface area contributed by atoms with Gasteiger partial charge in [-0.05, 0) is 24.3 Å². The molecule has 0 saturated heterocycles. The van der Waals surface area contributed by atoms with Gasteiger partial charge in [0.05, 0.1) is 5.52 Å². The Bertz CT molecular complexity index is 878. The predicted octanol–water partition coefficient (Wildman–Crippen LogP) is 4.46. The van der Waals surface area contributed by atoms with E-state index in [1.807, 2.05) is 0 Å². The molecule has 3 aromatic rings. The molecular formula is C17H19F3N4O2. The lowest BCUT2D eigenvalue weighted by Gasteiger charge is -2.12. The van der Waals surface area contributed by atoms with Crippen molar-refractivity contribution in [3.63, 3.8) is 0 Å². The van der Waals surface area contributed by atoms with Gasteiger partial charge in [0.25, 0.3) is 0 Å². The standard InChI is InChI=1S/C14H11F3N4O2.C3H8/c1-18-13-20-19-12(10-3-2-6-21(10)13)9-5-4-8(7-11(9)22)23-14(15,16)17;1-3-2/h2-7,22H,1H3,(H,18,20);3H2,1-2H3. The monoisotopic (exact) mass is 368 g/mol. The maximum absolute atomic E-state index is 12.2. The Hall–Kier alpha value is -2.97. The summed E-state index contributed by atoms with van der Waals surface area (Å²) in [4.78, 5) is 0. The van der Waals surface area contributed by atoms with Crippen LogP contribution in [0.3, 0.4) is 0 Å². The minimum atomic E-state index is -4.82. The fourth-order valence-electron chi connectivity index (χ4n) is 2.23. The van der Waals surface area contributed by atoms with E-state index >= 15 is 0 Å². The van der Waals surface area contributed by atoms with Gasteiger partial charge in [0, 0.05) is 24.9 Å². The highest BCUT2D eigenvalue weighted by atomic mass is 19.4. The number of halogens is 3. The Balaban J connectivity index is 0.000000758. The van der Waals surface area contributed by atoms with Crippen molar-refractivity contribution in [2.75, 3.05) is 12.4 Å². The van der Waals surface area contributed by atoms with E-state index in [-0.39, 0.29) is 11.3 Å². The van der Waals surface area contributed by atoms with Crippen LogP contribution in [0.4, 0.5) is 19.1 Å². The molecule has 0 aliphatic heterocycles. The molecule has 0 fully saturated rings. The first-order chi connectivity index (χ1) is 12.3. The van der Waals surface area contributed by atoms with Gasteiger partial charge in [-0.15, -0.1) is 23.4 Å². The Labute approximate surface area is 148 Å². The second-order valence-electron chi connectivity index (χ2n) is 5.32. The van der Waals surface area contributed by atoms with E-state index < -0.39 is 12.1 Å². The number of alkyl halides is 3. The SMILES string of the molecule is CCC.CNc1nnc(-c2ccc(OC(F)(F)F)cc2O)c2cccn12. The fourth-order valence-corrected chi connectivity index (χ4v) is 2.23. The predicted molar refractivity (Wildman–Crippen MR) is 92.3 cm³/mol. The first-order valence-electron chi connectivity index (χ1n) is 7.91. The third kappa shape index (κ3) is 4.35. The second kappa shape index (κ2) is 7.94. The van der Waals surface area contributed by atoms with Gasteiger partial charge in [-0.25, -0.2) is 0 Å². The molecule has 0 saturated carbocycles. The van der Waals surface area contributed by atoms with E-state index in [4.69, 9.17) is 0 Å². The molecule has 26 heavy (non-hydrogen) atoms. The maximum atomic E-state index is 12.2. The van der Waals surface area contributed by atoms with Crippen LogP contribution in [-0.2, 0) is 0 Å². The molecule has 2 aromatic heterocycles. The molecule has 0 bridgehead atoms. The first-order valence-corrected chi connectivity index (χ1v) is 7.91. The van der Waals surface area contributed by atoms with E-state index in [9.17, 15) is 18.3 Å². The number of hydrogen-bond acceptors (Lipinski definition) is 5. The molecular weight excluding hydrogens is 349 g/mol. The summed E-state index contributed by atoms with van der Waals surface area (Å²) in [6.45, 7) is 4.25. The Morgan fingerprint density at radius 3 is 2.46 bits per heavy atom. The number of hydrogen-bond donors (Lipinski definition) is 2. The number of phenols is 1. The lowest BCUT2D eigenvalue weighted by molar-refractivity contribution is -0.274. The molecule has 0 amide bonds. The average molecular weight is 368 g/mol. The zero-order valence-corrected chi connectivity index (χ0v) is 14.5. The number of ether oxygens (including phenoxy) is 1.